The van der Waals surface area contributed by atoms with Crippen LogP contribution < -0.4 is 0 Å². The number of rotatable bonds is 3. The van der Waals surface area contributed by atoms with E-state index >= 15 is 0 Å². The average Bonchev–Trinajstić information content (AvgIpc) is 2.65. The zero-order valence-corrected chi connectivity index (χ0v) is 8.92. The molecule has 2 aromatic rings. The molecule has 0 saturated carbocycles. The highest BCUT2D eigenvalue weighted by atomic mass is 16.4. The van der Waals surface area contributed by atoms with E-state index in [1.54, 1.807) is 10.9 Å². The summed E-state index contributed by atoms with van der Waals surface area (Å²) in [6.45, 7) is 0. The molecule has 0 fully saturated rings. The molecule has 1 aromatic carbocycles. The predicted molar refractivity (Wildman–Crippen MR) is 60.0 cm³/mol. The molecule has 2 rings (SSSR count). The normalized spacial score (nSPS) is 10.3. The molecule has 4 heteroatoms. The lowest BCUT2D eigenvalue weighted by Crippen LogP contribution is -1.99. The van der Waals surface area contributed by atoms with Crippen LogP contribution in [0.1, 0.15) is 5.56 Å². The first-order valence-corrected chi connectivity index (χ1v) is 4.95. The zero-order valence-electron chi connectivity index (χ0n) is 8.92. The van der Waals surface area contributed by atoms with Crippen molar-refractivity contribution < 1.29 is 9.90 Å². The summed E-state index contributed by atoms with van der Waals surface area (Å²) in [5.41, 5.74) is 2.88. The molecule has 4 nitrogen and oxygen atoms in total. The van der Waals surface area contributed by atoms with Crippen molar-refractivity contribution in [3.8, 4) is 11.1 Å². The number of carbonyl (C=O) groups is 1. The van der Waals surface area contributed by atoms with Crippen molar-refractivity contribution in [2.45, 2.75) is 6.42 Å². The number of aromatic nitrogens is 2. The van der Waals surface area contributed by atoms with Crippen molar-refractivity contribution in [2.75, 3.05) is 0 Å². The lowest BCUT2D eigenvalue weighted by Gasteiger charge is -1.99. The van der Waals surface area contributed by atoms with E-state index in [0.29, 0.717) is 0 Å². The fraction of sp³-hybridized carbons (Fsp3) is 0.167. The number of hydrogen-bond donors (Lipinski definition) is 1. The van der Waals surface area contributed by atoms with E-state index in [4.69, 9.17) is 5.11 Å². The Morgan fingerprint density at radius 1 is 1.31 bits per heavy atom. The van der Waals surface area contributed by atoms with Crippen LogP contribution in [0.25, 0.3) is 11.1 Å². The zero-order chi connectivity index (χ0) is 11.5. The van der Waals surface area contributed by atoms with Crippen LogP contribution in [0.4, 0.5) is 0 Å². The average molecular weight is 216 g/mol. The van der Waals surface area contributed by atoms with Gasteiger partial charge in [0.2, 0.25) is 0 Å². The van der Waals surface area contributed by atoms with Gasteiger partial charge < -0.3 is 5.11 Å². The van der Waals surface area contributed by atoms with Crippen LogP contribution in [0, 0.1) is 0 Å². The summed E-state index contributed by atoms with van der Waals surface area (Å²) < 4.78 is 1.74. The van der Waals surface area contributed by atoms with Crippen molar-refractivity contribution >= 4 is 5.97 Å². The topological polar surface area (TPSA) is 55.1 Å². The molecule has 0 spiro atoms. The number of benzene rings is 1. The van der Waals surface area contributed by atoms with Crippen LogP contribution >= 0.6 is 0 Å². The van der Waals surface area contributed by atoms with Gasteiger partial charge in [-0.2, -0.15) is 5.10 Å². The molecule has 0 aliphatic rings. The van der Waals surface area contributed by atoms with E-state index in [0.717, 1.165) is 16.7 Å². The predicted octanol–water partition coefficient (Wildman–Crippen LogP) is 1.71. The van der Waals surface area contributed by atoms with E-state index in [1.165, 1.54) is 0 Å². The number of hydrogen-bond acceptors (Lipinski definition) is 2. The minimum Gasteiger partial charge on any atom is -0.481 e. The van der Waals surface area contributed by atoms with Gasteiger partial charge in [-0.1, -0.05) is 24.3 Å². The molecule has 0 bridgehead atoms. The van der Waals surface area contributed by atoms with Gasteiger partial charge in [-0.15, -0.1) is 0 Å². The number of nitrogens with zero attached hydrogens (tertiary/aromatic N) is 2. The summed E-state index contributed by atoms with van der Waals surface area (Å²) in [5.74, 6) is -0.811. The molecule has 0 amide bonds. The summed E-state index contributed by atoms with van der Waals surface area (Å²) in [5, 5.41) is 12.7. The van der Waals surface area contributed by atoms with Gasteiger partial charge in [0.05, 0.1) is 12.6 Å². The third kappa shape index (κ3) is 2.28. The fourth-order valence-corrected chi connectivity index (χ4v) is 1.56. The van der Waals surface area contributed by atoms with Crippen LogP contribution in [0.2, 0.25) is 0 Å². The first-order chi connectivity index (χ1) is 7.65. The summed E-state index contributed by atoms with van der Waals surface area (Å²) in [6.07, 6.45) is 3.77. The third-order valence-corrected chi connectivity index (χ3v) is 2.35. The Kier molecular flexibility index (Phi) is 2.72. The van der Waals surface area contributed by atoms with Gasteiger partial charge in [-0.05, 0) is 11.1 Å². The van der Waals surface area contributed by atoms with Crippen molar-refractivity contribution in [3.63, 3.8) is 0 Å². The highest BCUT2D eigenvalue weighted by Crippen LogP contribution is 2.18. The monoisotopic (exact) mass is 216 g/mol. The Morgan fingerprint density at radius 2 is 2.00 bits per heavy atom. The Hall–Kier alpha value is -2.10. The van der Waals surface area contributed by atoms with Crippen LogP contribution in [0.15, 0.2) is 36.7 Å². The van der Waals surface area contributed by atoms with Gasteiger partial charge >= 0.3 is 5.97 Å². The maximum atomic E-state index is 10.5. The molecule has 82 valence electrons. The molecule has 1 aromatic heterocycles. The molecule has 0 radical (unpaired) electrons. The Morgan fingerprint density at radius 3 is 2.50 bits per heavy atom. The second-order valence-electron chi connectivity index (χ2n) is 3.67. The molecule has 0 saturated heterocycles. The van der Waals surface area contributed by atoms with Gasteiger partial charge in [0.25, 0.3) is 0 Å². The maximum Gasteiger partial charge on any atom is 0.307 e. The Labute approximate surface area is 93.1 Å². The third-order valence-electron chi connectivity index (χ3n) is 2.35. The highest BCUT2D eigenvalue weighted by molar-refractivity contribution is 5.71. The van der Waals surface area contributed by atoms with E-state index in [-0.39, 0.29) is 6.42 Å². The smallest absolute Gasteiger partial charge is 0.307 e. The summed E-state index contributed by atoms with van der Waals surface area (Å²) in [6, 6.07) is 7.48. The molecule has 1 N–H and O–H groups in total. The van der Waals surface area contributed by atoms with E-state index in [9.17, 15) is 4.79 Å². The van der Waals surface area contributed by atoms with Crippen molar-refractivity contribution in [1.82, 2.24) is 9.78 Å². The van der Waals surface area contributed by atoms with Gasteiger partial charge in [-0.25, -0.2) is 0 Å². The lowest BCUT2D eigenvalue weighted by molar-refractivity contribution is -0.136. The number of aryl methyl sites for hydroxylation is 1. The van der Waals surface area contributed by atoms with Crippen LogP contribution in [-0.2, 0) is 18.3 Å². The van der Waals surface area contributed by atoms with Gasteiger partial charge in [0.15, 0.2) is 0 Å². The summed E-state index contributed by atoms with van der Waals surface area (Å²) >= 11 is 0. The van der Waals surface area contributed by atoms with Crippen LogP contribution in [0.3, 0.4) is 0 Å². The molecular formula is C12H12N2O2. The molecule has 0 aliphatic heterocycles. The SMILES string of the molecule is Cn1cc(-c2ccc(CC(=O)O)cc2)cn1. The summed E-state index contributed by atoms with van der Waals surface area (Å²) in [7, 11) is 1.86. The van der Waals surface area contributed by atoms with Crippen molar-refractivity contribution in [3.05, 3.63) is 42.2 Å². The standard InChI is InChI=1S/C12H12N2O2/c1-14-8-11(7-13-14)10-4-2-9(3-5-10)6-12(15)16/h2-5,7-8H,6H2,1H3,(H,15,16). The van der Waals surface area contributed by atoms with Crippen LogP contribution in [-0.4, -0.2) is 20.9 Å². The van der Waals surface area contributed by atoms with Gasteiger partial charge in [-0.3, -0.25) is 9.48 Å². The van der Waals surface area contributed by atoms with E-state index in [1.807, 2.05) is 37.5 Å². The maximum absolute atomic E-state index is 10.5. The number of carboxylic acids is 1. The second kappa shape index (κ2) is 4.18. The van der Waals surface area contributed by atoms with E-state index in [2.05, 4.69) is 5.10 Å². The molecule has 0 aliphatic carbocycles. The van der Waals surface area contributed by atoms with Gasteiger partial charge in [0.1, 0.15) is 0 Å². The number of carboxylic acid groups (broad SMARTS) is 1. The van der Waals surface area contributed by atoms with Crippen LogP contribution in [0.5, 0.6) is 0 Å². The highest BCUT2D eigenvalue weighted by Gasteiger charge is 2.02. The Balaban J connectivity index is 2.22. The molecule has 16 heavy (non-hydrogen) atoms. The van der Waals surface area contributed by atoms with Crippen molar-refractivity contribution in [2.24, 2.45) is 7.05 Å². The molecule has 0 unspecified atom stereocenters. The van der Waals surface area contributed by atoms with Crippen molar-refractivity contribution in [1.29, 1.82) is 0 Å². The fourth-order valence-electron chi connectivity index (χ4n) is 1.56. The lowest BCUT2D eigenvalue weighted by atomic mass is 10.1. The Bertz CT molecular complexity index is 500. The first kappa shape index (κ1) is 10.4. The first-order valence-electron chi connectivity index (χ1n) is 4.95. The minimum absolute atomic E-state index is 0.0628. The number of aliphatic carboxylic acids is 1. The van der Waals surface area contributed by atoms with E-state index < -0.39 is 5.97 Å². The second-order valence-corrected chi connectivity index (χ2v) is 3.67. The quantitative estimate of drug-likeness (QED) is 0.849. The largest absolute Gasteiger partial charge is 0.481 e. The molecule has 1 heterocycles. The molecule has 0 atom stereocenters. The minimum atomic E-state index is -0.811. The van der Waals surface area contributed by atoms with Gasteiger partial charge in [0, 0.05) is 18.8 Å². The summed E-state index contributed by atoms with van der Waals surface area (Å²) in [4.78, 5) is 10.5. The molecular weight excluding hydrogens is 204 g/mol.